The van der Waals surface area contributed by atoms with Gasteiger partial charge in [-0.05, 0) is 70.4 Å². The van der Waals surface area contributed by atoms with Gasteiger partial charge in [0.05, 0.1) is 0 Å². The molecule has 4 rings (SSSR count). The van der Waals surface area contributed by atoms with Crippen molar-refractivity contribution in [2.45, 2.75) is 44.2 Å². The van der Waals surface area contributed by atoms with E-state index in [0.29, 0.717) is 40.1 Å². The average molecular weight is 506 g/mol. The summed E-state index contributed by atoms with van der Waals surface area (Å²) < 4.78 is 0. The zero-order valence-electron chi connectivity index (χ0n) is 19.0. The third kappa shape index (κ3) is 6.49. The van der Waals surface area contributed by atoms with E-state index in [0.717, 1.165) is 38.8 Å². The van der Waals surface area contributed by atoms with Crippen LogP contribution in [0.2, 0.25) is 10.0 Å². The van der Waals surface area contributed by atoms with Gasteiger partial charge in [0, 0.05) is 34.5 Å². The molecule has 2 saturated heterocycles. The average Bonchev–Trinajstić information content (AvgIpc) is 2.99. The fourth-order valence-corrected chi connectivity index (χ4v) is 4.66. The molecule has 182 valence electrons. The summed E-state index contributed by atoms with van der Waals surface area (Å²) in [6.07, 6.45) is 5.70. The fraction of sp³-hybridized carbons (Fsp3) is 0.478. The Morgan fingerprint density at radius 2 is 1.85 bits per heavy atom. The van der Waals surface area contributed by atoms with E-state index in [-0.39, 0.29) is 23.8 Å². The molecule has 1 aromatic carbocycles. The maximum absolute atomic E-state index is 13.2. The summed E-state index contributed by atoms with van der Waals surface area (Å²) in [5, 5.41) is 13.2. The maximum atomic E-state index is 13.2. The first kappa shape index (κ1) is 24.5. The van der Waals surface area contributed by atoms with Gasteiger partial charge in [0.15, 0.2) is 0 Å². The lowest BCUT2D eigenvalue weighted by atomic mass is 10.1. The van der Waals surface area contributed by atoms with Crippen LogP contribution in [0.3, 0.4) is 0 Å². The number of rotatable bonds is 6. The molecule has 2 aromatic rings. The Morgan fingerprint density at radius 1 is 1.12 bits per heavy atom. The van der Waals surface area contributed by atoms with Gasteiger partial charge in [-0.3, -0.25) is 9.59 Å². The lowest BCUT2D eigenvalue weighted by Crippen LogP contribution is -2.44. The van der Waals surface area contributed by atoms with E-state index in [2.05, 4.69) is 43.2 Å². The Kier molecular flexibility index (Phi) is 8.07. The summed E-state index contributed by atoms with van der Waals surface area (Å²) >= 11 is 12.2. The zero-order chi connectivity index (χ0) is 24.1. The number of carbonyl (C=O) groups is 2. The van der Waals surface area contributed by atoms with Crippen molar-refractivity contribution in [2.75, 3.05) is 37.3 Å². The number of benzene rings is 1. The van der Waals surface area contributed by atoms with Crippen molar-refractivity contribution in [3.63, 3.8) is 0 Å². The molecule has 3 heterocycles. The lowest BCUT2D eigenvalue weighted by molar-refractivity contribution is -0.121. The SMILES string of the molecule is CN1CCC(NC(=O)c2cnc(Nc3cc(Cl)cc(Cl)c3)nc2N[C@H]2CCCCNC2=O)CC1. The van der Waals surface area contributed by atoms with Crippen molar-refractivity contribution in [1.82, 2.24) is 25.5 Å². The summed E-state index contributed by atoms with van der Waals surface area (Å²) in [5.41, 5.74) is 0.907. The molecule has 11 heteroatoms. The highest BCUT2D eigenvalue weighted by Crippen LogP contribution is 2.26. The predicted molar refractivity (Wildman–Crippen MR) is 134 cm³/mol. The van der Waals surface area contributed by atoms with E-state index in [1.807, 2.05) is 0 Å². The van der Waals surface area contributed by atoms with Gasteiger partial charge in [-0.2, -0.15) is 4.98 Å². The normalized spacial score (nSPS) is 19.7. The van der Waals surface area contributed by atoms with Crippen LogP contribution in [0.5, 0.6) is 0 Å². The Balaban J connectivity index is 1.58. The van der Waals surface area contributed by atoms with Crippen LogP contribution in [0.15, 0.2) is 24.4 Å². The van der Waals surface area contributed by atoms with Crippen LogP contribution in [0.4, 0.5) is 17.5 Å². The topological polar surface area (TPSA) is 111 Å². The lowest BCUT2D eigenvalue weighted by Gasteiger charge is -2.29. The highest BCUT2D eigenvalue weighted by molar-refractivity contribution is 6.35. The van der Waals surface area contributed by atoms with Crippen LogP contribution in [0.25, 0.3) is 0 Å². The van der Waals surface area contributed by atoms with Gasteiger partial charge >= 0.3 is 0 Å². The standard InChI is InChI=1S/C23H29Cl2N7O2/c1-32-8-5-16(6-9-32)28-21(33)18-13-27-23(29-17-11-14(24)10-15(25)12-17)31-20(18)30-19-4-2-3-7-26-22(19)34/h10-13,16,19H,2-9H2,1H3,(H,26,34)(H,28,33)(H2,27,29,30,31)/t19-/m0/s1. The molecule has 2 amide bonds. The number of halogens is 2. The maximum Gasteiger partial charge on any atom is 0.256 e. The Morgan fingerprint density at radius 3 is 2.59 bits per heavy atom. The van der Waals surface area contributed by atoms with Gasteiger partial charge < -0.3 is 26.2 Å². The second kappa shape index (κ2) is 11.2. The van der Waals surface area contributed by atoms with Gasteiger partial charge in [0.25, 0.3) is 5.91 Å². The quantitative estimate of drug-likeness (QED) is 0.475. The molecule has 2 fully saturated rings. The van der Waals surface area contributed by atoms with Gasteiger partial charge in [-0.15, -0.1) is 0 Å². The summed E-state index contributed by atoms with van der Waals surface area (Å²) in [7, 11) is 2.07. The summed E-state index contributed by atoms with van der Waals surface area (Å²) in [5.74, 6) is 0.196. The number of hydrogen-bond acceptors (Lipinski definition) is 7. The largest absolute Gasteiger partial charge is 0.358 e. The van der Waals surface area contributed by atoms with Gasteiger partial charge in [-0.25, -0.2) is 4.98 Å². The van der Waals surface area contributed by atoms with Crippen molar-refractivity contribution in [3.05, 3.63) is 40.0 Å². The molecule has 0 aliphatic carbocycles. The van der Waals surface area contributed by atoms with E-state index in [1.54, 1.807) is 18.2 Å². The number of hydrogen-bond donors (Lipinski definition) is 4. The third-order valence-corrected chi connectivity index (χ3v) is 6.49. The second-order valence-electron chi connectivity index (χ2n) is 8.77. The van der Waals surface area contributed by atoms with Crippen molar-refractivity contribution in [1.29, 1.82) is 0 Å². The third-order valence-electron chi connectivity index (χ3n) is 6.05. The molecule has 0 bridgehead atoms. The van der Waals surface area contributed by atoms with E-state index < -0.39 is 6.04 Å². The van der Waals surface area contributed by atoms with Crippen molar-refractivity contribution in [2.24, 2.45) is 0 Å². The molecule has 4 N–H and O–H groups in total. The van der Waals surface area contributed by atoms with Crippen LogP contribution in [0.1, 0.15) is 42.5 Å². The van der Waals surface area contributed by atoms with Gasteiger partial charge in [0.1, 0.15) is 17.4 Å². The molecule has 34 heavy (non-hydrogen) atoms. The summed E-state index contributed by atoms with van der Waals surface area (Å²) in [6.45, 7) is 2.51. The Labute approximate surface area is 209 Å². The Bertz CT molecular complexity index is 1020. The molecule has 0 spiro atoms. The molecule has 2 aliphatic heterocycles. The fourth-order valence-electron chi connectivity index (χ4n) is 4.13. The number of carbonyl (C=O) groups excluding carboxylic acids is 2. The predicted octanol–water partition coefficient (Wildman–Crippen LogP) is 3.43. The second-order valence-corrected chi connectivity index (χ2v) is 9.65. The molecule has 0 saturated carbocycles. The van der Waals surface area contributed by atoms with Crippen molar-refractivity contribution in [3.8, 4) is 0 Å². The molecule has 9 nitrogen and oxygen atoms in total. The first-order valence-electron chi connectivity index (χ1n) is 11.5. The number of amides is 2. The van der Waals surface area contributed by atoms with Crippen LogP contribution >= 0.6 is 23.2 Å². The minimum absolute atomic E-state index is 0.0872. The first-order chi connectivity index (χ1) is 16.4. The van der Waals surface area contributed by atoms with E-state index in [4.69, 9.17) is 23.2 Å². The minimum Gasteiger partial charge on any atom is -0.358 e. The van der Waals surface area contributed by atoms with E-state index in [1.165, 1.54) is 6.20 Å². The molecular formula is C23H29Cl2N7O2. The Hall–Kier alpha value is -2.62. The number of piperidine rings is 1. The van der Waals surface area contributed by atoms with E-state index in [9.17, 15) is 9.59 Å². The molecule has 1 aromatic heterocycles. The summed E-state index contributed by atoms with van der Waals surface area (Å²) in [4.78, 5) is 36.8. The smallest absolute Gasteiger partial charge is 0.256 e. The highest BCUT2D eigenvalue weighted by atomic mass is 35.5. The van der Waals surface area contributed by atoms with Gasteiger partial charge in [-0.1, -0.05) is 23.2 Å². The molecule has 0 unspecified atom stereocenters. The van der Waals surface area contributed by atoms with E-state index >= 15 is 0 Å². The molecule has 2 aliphatic rings. The van der Waals surface area contributed by atoms with Crippen molar-refractivity contribution < 1.29 is 9.59 Å². The number of anilines is 3. The highest BCUT2D eigenvalue weighted by Gasteiger charge is 2.26. The van der Waals surface area contributed by atoms with Crippen molar-refractivity contribution >= 4 is 52.5 Å². The minimum atomic E-state index is -0.485. The number of nitrogens with one attached hydrogen (secondary N) is 4. The van der Waals surface area contributed by atoms with Gasteiger partial charge in [0.2, 0.25) is 11.9 Å². The van der Waals surface area contributed by atoms with Crippen LogP contribution in [-0.2, 0) is 4.79 Å². The van der Waals surface area contributed by atoms with Crippen LogP contribution < -0.4 is 21.3 Å². The first-order valence-corrected chi connectivity index (χ1v) is 12.3. The molecular weight excluding hydrogens is 477 g/mol. The van der Waals surface area contributed by atoms with Crippen LogP contribution in [0, 0.1) is 0 Å². The number of nitrogens with zero attached hydrogens (tertiary/aromatic N) is 3. The molecule has 1 atom stereocenters. The molecule has 0 radical (unpaired) electrons. The summed E-state index contributed by atoms with van der Waals surface area (Å²) in [6, 6.07) is 4.63. The number of aromatic nitrogens is 2. The van der Waals surface area contributed by atoms with Crippen LogP contribution in [-0.4, -0.2) is 65.4 Å². The number of likely N-dealkylation sites (tertiary alicyclic amines) is 1. The monoisotopic (exact) mass is 505 g/mol. The zero-order valence-corrected chi connectivity index (χ0v) is 20.5.